The average molecular weight is 326 g/mol. The lowest BCUT2D eigenvalue weighted by Gasteiger charge is -2.39. The van der Waals surface area contributed by atoms with Gasteiger partial charge in [0.05, 0.1) is 5.69 Å². The number of hydrogen-bond donors (Lipinski definition) is 1. The van der Waals surface area contributed by atoms with E-state index in [1.807, 2.05) is 0 Å². The molecule has 1 aromatic rings. The number of nitrogens with zero attached hydrogens (tertiary/aromatic N) is 1. The standard InChI is InChI=1S/C17H21F3N2O/c1-16(2)6-10-7-17(3,8-16)9-22(10)15(23)21-12-5-4-11(18)13(19)14(12)20/h4-5,10H,6-9H2,1-3H3,(H,21,23). The normalized spacial score (nSPS) is 28.8. The van der Waals surface area contributed by atoms with E-state index in [2.05, 4.69) is 26.1 Å². The van der Waals surface area contributed by atoms with E-state index in [9.17, 15) is 18.0 Å². The molecule has 2 aliphatic rings. The van der Waals surface area contributed by atoms with Crippen LogP contribution in [0.5, 0.6) is 0 Å². The Morgan fingerprint density at radius 1 is 1.17 bits per heavy atom. The van der Waals surface area contributed by atoms with E-state index in [1.54, 1.807) is 4.90 Å². The van der Waals surface area contributed by atoms with Gasteiger partial charge in [0.25, 0.3) is 0 Å². The average Bonchev–Trinajstić information content (AvgIpc) is 2.68. The van der Waals surface area contributed by atoms with Crippen LogP contribution in [-0.2, 0) is 0 Å². The van der Waals surface area contributed by atoms with Crippen molar-refractivity contribution in [1.82, 2.24) is 4.90 Å². The summed E-state index contributed by atoms with van der Waals surface area (Å²) in [6.07, 6.45) is 2.83. The van der Waals surface area contributed by atoms with Crippen molar-refractivity contribution in [3.63, 3.8) is 0 Å². The zero-order chi connectivity index (χ0) is 17.0. The van der Waals surface area contributed by atoms with E-state index in [-0.39, 0.29) is 22.6 Å². The number of fused-ring (bicyclic) bond motifs is 2. The maximum absolute atomic E-state index is 13.7. The van der Waals surface area contributed by atoms with E-state index in [4.69, 9.17) is 0 Å². The van der Waals surface area contributed by atoms with Gasteiger partial charge in [0.15, 0.2) is 17.5 Å². The largest absolute Gasteiger partial charge is 0.322 e. The highest BCUT2D eigenvalue weighted by Crippen LogP contribution is 2.52. The minimum absolute atomic E-state index is 0.0519. The van der Waals surface area contributed by atoms with Crippen molar-refractivity contribution >= 4 is 11.7 Å². The van der Waals surface area contributed by atoms with Crippen LogP contribution in [0.4, 0.5) is 23.7 Å². The molecule has 1 saturated heterocycles. The van der Waals surface area contributed by atoms with Gasteiger partial charge in [0.2, 0.25) is 0 Å². The van der Waals surface area contributed by atoms with E-state index < -0.39 is 23.5 Å². The minimum Gasteiger partial charge on any atom is -0.321 e. The maximum atomic E-state index is 13.7. The molecule has 2 unspecified atom stereocenters. The summed E-state index contributed by atoms with van der Waals surface area (Å²) in [5.74, 6) is -4.21. The number of likely N-dealkylation sites (tertiary alicyclic amines) is 1. The minimum atomic E-state index is -1.57. The summed E-state index contributed by atoms with van der Waals surface area (Å²) in [5, 5.41) is 2.38. The van der Waals surface area contributed by atoms with Crippen molar-refractivity contribution in [3.05, 3.63) is 29.6 Å². The van der Waals surface area contributed by atoms with Crippen molar-refractivity contribution in [2.75, 3.05) is 11.9 Å². The fraction of sp³-hybridized carbons (Fsp3) is 0.588. The van der Waals surface area contributed by atoms with Crippen molar-refractivity contribution in [2.45, 2.75) is 46.1 Å². The molecule has 126 valence electrons. The zero-order valence-electron chi connectivity index (χ0n) is 13.5. The summed E-state index contributed by atoms with van der Waals surface area (Å²) in [4.78, 5) is 14.2. The summed E-state index contributed by atoms with van der Waals surface area (Å²) in [5.41, 5.74) is -0.129. The molecule has 2 fully saturated rings. The second-order valence-corrected chi connectivity index (χ2v) is 7.99. The quantitative estimate of drug-likeness (QED) is 0.755. The number of benzene rings is 1. The number of amides is 2. The van der Waals surface area contributed by atoms with Gasteiger partial charge in [0.1, 0.15) is 0 Å². The van der Waals surface area contributed by atoms with Crippen molar-refractivity contribution in [3.8, 4) is 0 Å². The van der Waals surface area contributed by atoms with E-state index in [0.29, 0.717) is 6.54 Å². The molecule has 0 radical (unpaired) electrons. The Hall–Kier alpha value is -1.72. The molecule has 0 aromatic heterocycles. The van der Waals surface area contributed by atoms with Gasteiger partial charge >= 0.3 is 6.03 Å². The van der Waals surface area contributed by atoms with E-state index in [1.165, 1.54) is 0 Å². The fourth-order valence-electron chi connectivity index (χ4n) is 4.51. The Bertz CT molecular complexity index is 661. The predicted molar refractivity (Wildman–Crippen MR) is 81.6 cm³/mol. The smallest absolute Gasteiger partial charge is 0.321 e. The van der Waals surface area contributed by atoms with Gasteiger partial charge in [-0.2, -0.15) is 0 Å². The van der Waals surface area contributed by atoms with Crippen LogP contribution in [0.3, 0.4) is 0 Å². The first-order chi connectivity index (χ1) is 10.6. The molecule has 2 bridgehead atoms. The molecule has 3 rings (SSSR count). The van der Waals surface area contributed by atoms with Crippen LogP contribution in [0.1, 0.15) is 40.0 Å². The van der Waals surface area contributed by atoms with Crippen LogP contribution in [-0.4, -0.2) is 23.5 Å². The van der Waals surface area contributed by atoms with Crippen LogP contribution in [0.2, 0.25) is 0 Å². The highest BCUT2D eigenvalue weighted by Gasteiger charge is 2.51. The highest BCUT2D eigenvalue weighted by molar-refractivity contribution is 5.90. The third-order valence-corrected chi connectivity index (χ3v) is 4.95. The molecule has 1 aliphatic carbocycles. The first-order valence-corrected chi connectivity index (χ1v) is 7.81. The van der Waals surface area contributed by atoms with Gasteiger partial charge in [-0.1, -0.05) is 20.8 Å². The molecular formula is C17H21F3N2O. The van der Waals surface area contributed by atoms with Crippen molar-refractivity contribution < 1.29 is 18.0 Å². The van der Waals surface area contributed by atoms with Gasteiger partial charge in [-0.15, -0.1) is 0 Å². The van der Waals surface area contributed by atoms with Gasteiger partial charge < -0.3 is 10.2 Å². The van der Waals surface area contributed by atoms with E-state index in [0.717, 1.165) is 31.4 Å². The zero-order valence-corrected chi connectivity index (χ0v) is 13.5. The molecule has 3 nitrogen and oxygen atoms in total. The van der Waals surface area contributed by atoms with Crippen LogP contribution < -0.4 is 5.32 Å². The molecular weight excluding hydrogens is 305 g/mol. The summed E-state index contributed by atoms with van der Waals surface area (Å²) < 4.78 is 40.0. The second kappa shape index (κ2) is 5.14. The van der Waals surface area contributed by atoms with Crippen LogP contribution >= 0.6 is 0 Å². The third-order valence-electron chi connectivity index (χ3n) is 4.95. The SMILES string of the molecule is CC1(C)CC2CC(C)(CN2C(=O)Nc2ccc(F)c(F)c2F)C1. The number of hydrogen-bond acceptors (Lipinski definition) is 1. The topological polar surface area (TPSA) is 32.3 Å². The van der Waals surface area contributed by atoms with Crippen LogP contribution in [0, 0.1) is 28.3 Å². The molecule has 6 heteroatoms. The monoisotopic (exact) mass is 326 g/mol. The number of anilines is 1. The number of halogens is 3. The Balaban J connectivity index is 1.79. The number of nitrogens with one attached hydrogen (secondary N) is 1. The van der Waals surface area contributed by atoms with Crippen LogP contribution in [0.15, 0.2) is 12.1 Å². The lowest BCUT2D eigenvalue weighted by Crippen LogP contribution is -2.40. The third kappa shape index (κ3) is 2.91. The fourth-order valence-corrected chi connectivity index (χ4v) is 4.51. The number of carbonyl (C=O) groups is 1. The number of rotatable bonds is 1. The predicted octanol–water partition coefficient (Wildman–Crippen LogP) is 4.54. The second-order valence-electron chi connectivity index (χ2n) is 7.99. The first-order valence-electron chi connectivity index (χ1n) is 7.81. The molecule has 1 saturated carbocycles. The van der Waals surface area contributed by atoms with Gasteiger partial charge in [-0.25, -0.2) is 18.0 Å². The van der Waals surface area contributed by atoms with Crippen molar-refractivity contribution in [1.29, 1.82) is 0 Å². The van der Waals surface area contributed by atoms with Crippen molar-refractivity contribution in [2.24, 2.45) is 10.8 Å². The molecule has 0 spiro atoms. The molecule has 1 aromatic carbocycles. The van der Waals surface area contributed by atoms with E-state index >= 15 is 0 Å². The molecule has 1 heterocycles. The summed E-state index contributed by atoms with van der Waals surface area (Å²) in [6, 6.07) is 1.48. The number of carbonyl (C=O) groups excluding carboxylic acids is 1. The Labute approximate surface area is 133 Å². The Morgan fingerprint density at radius 2 is 1.87 bits per heavy atom. The van der Waals surface area contributed by atoms with Gasteiger partial charge in [0, 0.05) is 12.6 Å². The first kappa shape index (κ1) is 16.1. The van der Waals surface area contributed by atoms with Crippen LogP contribution in [0.25, 0.3) is 0 Å². The summed E-state index contributed by atoms with van der Waals surface area (Å²) >= 11 is 0. The number of urea groups is 1. The Morgan fingerprint density at radius 3 is 2.57 bits per heavy atom. The molecule has 1 aliphatic heterocycles. The molecule has 2 amide bonds. The van der Waals surface area contributed by atoms with Gasteiger partial charge in [-0.05, 0) is 42.2 Å². The lowest BCUT2D eigenvalue weighted by atomic mass is 9.65. The van der Waals surface area contributed by atoms with Gasteiger partial charge in [-0.3, -0.25) is 0 Å². The Kier molecular flexibility index (Phi) is 3.61. The summed E-state index contributed by atoms with van der Waals surface area (Å²) in [6.45, 7) is 7.13. The highest BCUT2D eigenvalue weighted by atomic mass is 19.2. The molecule has 23 heavy (non-hydrogen) atoms. The molecule has 2 atom stereocenters. The maximum Gasteiger partial charge on any atom is 0.322 e. The molecule has 1 N–H and O–H groups in total. The summed E-state index contributed by atoms with van der Waals surface area (Å²) in [7, 11) is 0. The lowest BCUT2D eigenvalue weighted by molar-refractivity contribution is 0.130.